The lowest BCUT2D eigenvalue weighted by molar-refractivity contribution is -0.138. The number of oxime groups is 1. The van der Waals surface area contributed by atoms with Crippen molar-refractivity contribution in [3.63, 3.8) is 0 Å². The number of nitrogens with zero attached hydrogens (tertiary/aromatic N) is 4. The van der Waals surface area contributed by atoms with Crippen LogP contribution in [0.25, 0.3) is 0 Å². The quantitative estimate of drug-likeness (QED) is 0.376. The number of rotatable bonds is 9. The van der Waals surface area contributed by atoms with Crippen molar-refractivity contribution in [3.8, 4) is 0 Å². The van der Waals surface area contributed by atoms with Gasteiger partial charge in [-0.3, -0.25) is 14.6 Å². The molecule has 28 heavy (non-hydrogen) atoms. The van der Waals surface area contributed by atoms with Crippen LogP contribution < -0.4 is 5.43 Å². The molecule has 1 fully saturated rings. The minimum Gasteiger partial charge on any atom is -0.480 e. The van der Waals surface area contributed by atoms with Crippen LogP contribution in [0.1, 0.15) is 30.9 Å². The molecular formula is C20H29N5O3. The smallest absolute Gasteiger partial charge is 0.317 e. The molecule has 1 saturated heterocycles. The maximum Gasteiger partial charge on any atom is 0.317 e. The maximum atomic E-state index is 10.8. The second-order valence-corrected chi connectivity index (χ2v) is 7.23. The molecule has 1 unspecified atom stereocenters. The van der Waals surface area contributed by atoms with E-state index in [4.69, 9.17) is 9.94 Å². The Morgan fingerprint density at radius 3 is 2.68 bits per heavy atom. The van der Waals surface area contributed by atoms with Gasteiger partial charge in [0.15, 0.2) is 0 Å². The molecule has 0 saturated carbocycles. The summed E-state index contributed by atoms with van der Waals surface area (Å²) in [5.41, 5.74) is 6.09. The monoisotopic (exact) mass is 387 g/mol. The molecule has 3 rings (SSSR count). The lowest BCUT2D eigenvalue weighted by atomic mass is 10.0. The number of benzene rings is 1. The van der Waals surface area contributed by atoms with Crippen molar-refractivity contribution in [2.45, 2.75) is 25.9 Å². The van der Waals surface area contributed by atoms with Crippen molar-refractivity contribution in [2.75, 3.05) is 45.8 Å². The number of hydrogen-bond donors (Lipinski definition) is 2. The van der Waals surface area contributed by atoms with E-state index in [0.29, 0.717) is 0 Å². The molecule has 2 aliphatic rings. The van der Waals surface area contributed by atoms with E-state index < -0.39 is 5.97 Å². The average Bonchev–Trinajstić information content (AvgIpc) is 3.15. The summed E-state index contributed by atoms with van der Waals surface area (Å²) in [7, 11) is 0. The first-order valence-corrected chi connectivity index (χ1v) is 9.89. The second kappa shape index (κ2) is 10.2. The van der Waals surface area contributed by atoms with Gasteiger partial charge in [-0.2, -0.15) is 5.10 Å². The van der Waals surface area contributed by atoms with Gasteiger partial charge in [0.05, 0.1) is 18.5 Å². The number of carbonyl (C=O) groups is 1. The summed E-state index contributed by atoms with van der Waals surface area (Å²) in [6, 6.07) is 8.17. The largest absolute Gasteiger partial charge is 0.480 e. The van der Waals surface area contributed by atoms with Gasteiger partial charge in [0.2, 0.25) is 0 Å². The lowest BCUT2D eigenvalue weighted by Gasteiger charge is -2.34. The first kappa shape index (κ1) is 20.3. The standard InChI is InChI=1S/C20H29N5O3/c1-2-7-21-22-13-16-3-5-17(6-4-16)19-12-18(28-23-19)14-24-8-10-25(11-9-24)15-20(26)27/h3-6,13,18,21H,2,7-12,14-15H2,1H3,(H,26,27)/b22-13+. The van der Waals surface area contributed by atoms with E-state index in [1.165, 1.54) is 0 Å². The van der Waals surface area contributed by atoms with Gasteiger partial charge >= 0.3 is 5.97 Å². The predicted molar refractivity (Wildman–Crippen MR) is 109 cm³/mol. The van der Waals surface area contributed by atoms with Gasteiger partial charge in [0, 0.05) is 45.7 Å². The van der Waals surface area contributed by atoms with Crippen molar-refractivity contribution in [1.82, 2.24) is 15.2 Å². The van der Waals surface area contributed by atoms with Gasteiger partial charge in [-0.05, 0) is 17.5 Å². The van der Waals surface area contributed by atoms with Crippen molar-refractivity contribution < 1.29 is 14.7 Å². The molecule has 152 valence electrons. The van der Waals surface area contributed by atoms with Crippen molar-refractivity contribution in [2.24, 2.45) is 10.3 Å². The molecule has 8 heteroatoms. The number of carboxylic acid groups (broad SMARTS) is 1. The third-order valence-corrected chi connectivity index (χ3v) is 4.93. The van der Waals surface area contributed by atoms with Crippen molar-refractivity contribution >= 4 is 17.9 Å². The average molecular weight is 387 g/mol. The van der Waals surface area contributed by atoms with Crippen LogP contribution in [-0.2, 0) is 9.63 Å². The predicted octanol–water partition coefficient (Wildman–Crippen LogP) is 1.22. The molecule has 0 radical (unpaired) electrons. The molecule has 0 bridgehead atoms. The first-order valence-electron chi connectivity index (χ1n) is 9.89. The maximum absolute atomic E-state index is 10.8. The topological polar surface area (TPSA) is 89.8 Å². The molecule has 1 aromatic carbocycles. The number of nitrogens with one attached hydrogen (secondary N) is 1. The summed E-state index contributed by atoms with van der Waals surface area (Å²) in [5, 5.41) is 17.3. The van der Waals surface area contributed by atoms with E-state index in [0.717, 1.165) is 68.9 Å². The summed E-state index contributed by atoms with van der Waals surface area (Å²) >= 11 is 0. The van der Waals surface area contributed by atoms with Crippen LogP contribution in [0.15, 0.2) is 34.5 Å². The van der Waals surface area contributed by atoms with E-state index >= 15 is 0 Å². The molecule has 0 aliphatic carbocycles. The molecule has 0 spiro atoms. The fraction of sp³-hybridized carbons (Fsp3) is 0.550. The summed E-state index contributed by atoms with van der Waals surface area (Å²) in [4.78, 5) is 20.7. The molecule has 0 amide bonds. The summed E-state index contributed by atoms with van der Waals surface area (Å²) in [6.07, 6.45) is 3.72. The highest BCUT2D eigenvalue weighted by atomic mass is 16.6. The van der Waals surface area contributed by atoms with Crippen LogP contribution in [0.3, 0.4) is 0 Å². The molecule has 2 aliphatic heterocycles. The summed E-state index contributed by atoms with van der Waals surface area (Å²) < 4.78 is 0. The van der Waals surface area contributed by atoms with Gasteiger partial charge < -0.3 is 15.4 Å². The first-order chi connectivity index (χ1) is 13.6. The molecule has 2 heterocycles. The van der Waals surface area contributed by atoms with E-state index in [2.05, 4.69) is 39.6 Å². The Morgan fingerprint density at radius 2 is 2.00 bits per heavy atom. The van der Waals surface area contributed by atoms with E-state index in [1.54, 1.807) is 0 Å². The van der Waals surface area contributed by atoms with Crippen LogP contribution in [0.5, 0.6) is 0 Å². The summed E-state index contributed by atoms with van der Waals surface area (Å²) in [6.45, 7) is 7.21. The minimum absolute atomic E-state index is 0.0560. The minimum atomic E-state index is -0.764. The third-order valence-electron chi connectivity index (χ3n) is 4.93. The second-order valence-electron chi connectivity index (χ2n) is 7.23. The van der Waals surface area contributed by atoms with Gasteiger partial charge in [-0.15, -0.1) is 0 Å². The van der Waals surface area contributed by atoms with Crippen LogP contribution >= 0.6 is 0 Å². The lowest BCUT2D eigenvalue weighted by Crippen LogP contribution is -2.49. The number of piperazine rings is 1. The zero-order valence-electron chi connectivity index (χ0n) is 16.4. The number of hydrazone groups is 1. The third kappa shape index (κ3) is 6.03. The molecule has 1 aromatic rings. The molecule has 2 N–H and O–H groups in total. The van der Waals surface area contributed by atoms with Crippen LogP contribution in [0.2, 0.25) is 0 Å². The zero-order valence-corrected chi connectivity index (χ0v) is 16.4. The fourth-order valence-corrected chi connectivity index (χ4v) is 3.36. The normalized spacial score (nSPS) is 20.9. The molecule has 8 nitrogen and oxygen atoms in total. The zero-order chi connectivity index (χ0) is 19.8. The Bertz CT molecular complexity index is 696. The summed E-state index contributed by atoms with van der Waals surface area (Å²) in [5.74, 6) is -0.764. The van der Waals surface area contributed by atoms with E-state index in [9.17, 15) is 4.79 Å². The van der Waals surface area contributed by atoms with Crippen molar-refractivity contribution in [3.05, 3.63) is 35.4 Å². The Labute approximate surface area is 165 Å². The highest BCUT2D eigenvalue weighted by Gasteiger charge is 2.26. The number of hydrogen-bond acceptors (Lipinski definition) is 7. The highest BCUT2D eigenvalue weighted by Crippen LogP contribution is 2.18. The van der Waals surface area contributed by atoms with Gasteiger partial charge in [-0.25, -0.2) is 0 Å². The molecule has 0 aromatic heterocycles. The Hall–Kier alpha value is -2.45. The molecular weight excluding hydrogens is 358 g/mol. The van der Waals surface area contributed by atoms with E-state index in [-0.39, 0.29) is 12.6 Å². The Kier molecular flexibility index (Phi) is 7.39. The Balaban J connectivity index is 1.42. The SMILES string of the molecule is CCCN/N=C/c1ccc(C2=NOC(CN3CCN(CC(=O)O)CC3)C2)cc1. The van der Waals surface area contributed by atoms with Gasteiger partial charge in [0.1, 0.15) is 6.10 Å². The Morgan fingerprint density at radius 1 is 1.29 bits per heavy atom. The highest BCUT2D eigenvalue weighted by molar-refractivity contribution is 6.01. The van der Waals surface area contributed by atoms with Crippen molar-refractivity contribution in [1.29, 1.82) is 0 Å². The van der Waals surface area contributed by atoms with Crippen LogP contribution in [0.4, 0.5) is 0 Å². The molecule has 1 atom stereocenters. The van der Waals surface area contributed by atoms with Crippen LogP contribution in [0, 0.1) is 0 Å². The number of carboxylic acids is 1. The number of aliphatic carboxylic acids is 1. The van der Waals surface area contributed by atoms with Gasteiger partial charge in [0.25, 0.3) is 0 Å². The van der Waals surface area contributed by atoms with Crippen LogP contribution in [-0.4, -0.2) is 84.7 Å². The fourth-order valence-electron chi connectivity index (χ4n) is 3.36. The van der Waals surface area contributed by atoms with E-state index in [1.807, 2.05) is 23.2 Å². The van der Waals surface area contributed by atoms with Gasteiger partial charge in [-0.1, -0.05) is 36.3 Å².